The number of hydrogen-bond donors (Lipinski definition) is 1. The molecule has 2 aromatic rings. The first-order valence-corrected chi connectivity index (χ1v) is 12.8. The maximum Gasteiger partial charge on any atom is 0.293 e. The van der Waals surface area contributed by atoms with Crippen molar-refractivity contribution in [2.75, 3.05) is 19.7 Å². The summed E-state index contributed by atoms with van der Waals surface area (Å²) in [6, 6.07) is 16.4. The van der Waals surface area contributed by atoms with Crippen LogP contribution in [0.25, 0.3) is 0 Å². The Hall–Kier alpha value is -2.38. The normalized spacial score (nSPS) is 16.8. The van der Waals surface area contributed by atoms with Gasteiger partial charge in [-0.25, -0.2) is 8.42 Å². The highest BCUT2D eigenvalue weighted by molar-refractivity contribution is 7.92. The smallest absolute Gasteiger partial charge is 0.293 e. The number of ether oxygens (including phenoxy) is 2. The molecule has 0 amide bonds. The molecule has 1 aliphatic heterocycles. The van der Waals surface area contributed by atoms with Gasteiger partial charge in [-0.3, -0.25) is 4.79 Å². The van der Waals surface area contributed by atoms with Crippen molar-refractivity contribution >= 4 is 16.3 Å². The van der Waals surface area contributed by atoms with E-state index in [0.29, 0.717) is 51.2 Å². The van der Waals surface area contributed by atoms with E-state index in [0.717, 1.165) is 18.4 Å². The minimum Gasteiger partial charge on any atom is -0.494 e. The third-order valence-electron chi connectivity index (χ3n) is 6.14. The topological polar surface area (TPSA) is 81.7 Å². The molecule has 1 saturated heterocycles. The van der Waals surface area contributed by atoms with E-state index in [-0.39, 0.29) is 11.3 Å². The molecule has 7 heteroatoms. The summed E-state index contributed by atoms with van der Waals surface area (Å²) >= 11 is 0. The second kappa shape index (κ2) is 11.5. The summed E-state index contributed by atoms with van der Waals surface area (Å²) in [5.74, 6) is 0.669. The predicted octanol–water partition coefficient (Wildman–Crippen LogP) is 3.94. The van der Waals surface area contributed by atoms with Gasteiger partial charge in [0.05, 0.1) is 16.2 Å². The molecule has 174 valence electrons. The van der Waals surface area contributed by atoms with Crippen LogP contribution in [0, 0.1) is 0 Å². The molecule has 32 heavy (non-hydrogen) atoms. The summed E-state index contributed by atoms with van der Waals surface area (Å²) in [6.45, 7) is 4.35. The molecule has 1 heterocycles. The predicted molar refractivity (Wildman–Crippen MR) is 125 cm³/mol. The first kappa shape index (κ1) is 24.3. The second-order valence-electron chi connectivity index (χ2n) is 8.36. The van der Waals surface area contributed by atoms with Crippen molar-refractivity contribution in [2.45, 2.75) is 61.2 Å². The molecule has 0 bridgehead atoms. The van der Waals surface area contributed by atoms with Crippen molar-refractivity contribution in [1.29, 1.82) is 0 Å². The standard InChI is InChI=1S/C25H33NO5S/c1-2-3-17-30-22-9-11-24(12-10-22)32(28,29)25(13-15-26-16-14-25)19-23(31-20-27)18-21-7-5-4-6-8-21/h4-12,20,23,26H,2-3,13-19H2,1H3. The van der Waals surface area contributed by atoms with Crippen molar-refractivity contribution in [3.05, 3.63) is 60.2 Å². The zero-order valence-corrected chi connectivity index (χ0v) is 19.5. The third-order valence-corrected chi connectivity index (χ3v) is 8.75. The molecule has 0 saturated carbocycles. The van der Waals surface area contributed by atoms with Crippen LogP contribution in [0.3, 0.4) is 0 Å². The second-order valence-corrected chi connectivity index (χ2v) is 10.7. The minimum absolute atomic E-state index is 0.263. The lowest BCUT2D eigenvalue weighted by Gasteiger charge is -2.39. The van der Waals surface area contributed by atoms with E-state index in [2.05, 4.69) is 12.2 Å². The number of carbonyl (C=O) groups excluding carboxylic acids is 1. The quantitative estimate of drug-likeness (QED) is 0.383. The van der Waals surface area contributed by atoms with Gasteiger partial charge in [0, 0.05) is 12.8 Å². The van der Waals surface area contributed by atoms with E-state index >= 15 is 0 Å². The van der Waals surface area contributed by atoms with Crippen LogP contribution >= 0.6 is 0 Å². The van der Waals surface area contributed by atoms with Crippen molar-refractivity contribution < 1.29 is 22.7 Å². The zero-order valence-electron chi connectivity index (χ0n) is 18.7. The van der Waals surface area contributed by atoms with Crippen LogP contribution in [0.4, 0.5) is 0 Å². The van der Waals surface area contributed by atoms with Crippen LogP contribution in [0.1, 0.15) is 44.6 Å². The molecule has 6 nitrogen and oxygen atoms in total. The van der Waals surface area contributed by atoms with Gasteiger partial charge in [-0.2, -0.15) is 0 Å². The summed E-state index contributed by atoms with van der Waals surface area (Å²) in [4.78, 5) is 11.5. The van der Waals surface area contributed by atoms with Gasteiger partial charge in [-0.15, -0.1) is 0 Å². The largest absolute Gasteiger partial charge is 0.494 e. The fourth-order valence-electron chi connectivity index (χ4n) is 4.30. The van der Waals surface area contributed by atoms with Crippen LogP contribution < -0.4 is 10.1 Å². The van der Waals surface area contributed by atoms with Crippen molar-refractivity contribution in [3.63, 3.8) is 0 Å². The van der Waals surface area contributed by atoms with Gasteiger partial charge in [-0.05, 0) is 62.2 Å². The molecule has 3 rings (SSSR count). The van der Waals surface area contributed by atoms with E-state index in [1.165, 1.54) is 0 Å². The fourth-order valence-corrected chi connectivity index (χ4v) is 6.44. The van der Waals surface area contributed by atoms with Crippen LogP contribution in [-0.4, -0.2) is 45.4 Å². The maximum absolute atomic E-state index is 13.9. The summed E-state index contributed by atoms with van der Waals surface area (Å²) in [5, 5.41) is 3.26. The zero-order chi connectivity index (χ0) is 22.9. The molecule has 0 aromatic heterocycles. The van der Waals surface area contributed by atoms with E-state index in [4.69, 9.17) is 9.47 Å². The summed E-state index contributed by atoms with van der Waals surface area (Å²) in [5.41, 5.74) is 1.01. The number of benzene rings is 2. The van der Waals surface area contributed by atoms with E-state index < -0.39 is 20.7 Å². The highest BCUT2D eigenvalue weighted by Gasteiger charge is 2.47. The Balaban J connectivity index is 1.85. The monoisotopic (exact) mass is 459 g/mol. The number of sulfone groups is 1. The summed E-state index contributed by atoms with van der Waals surface area (Å²) < 4.78 is 37.8. The molecule has 1 fully saturated rings. The number of rotatable bonds is 12. The highest BCUT2D eigenvalue weighted by Crippen LogP contribution is 2.39. The molecule has 1 aliphatic rings. The first-order valence-electron chi connectivity index (χ1n) is 11.3. The molecular weight excluding hydrogens is 426 g/mol. The van der Waals surface area contributed by atoms with Gasteiger partial charge in [0.2, 0.25) is 0 Å². The molecule has 0 spiro atoms. The fraction of sp³-hybridized carbons (Fsp3) is 0.480. The van der Waals surface area contributed by atoms with E-state index in [9.17, 15) is 13.2 Å². The SMILES string of the molecule is CCCCOc1ccc(S(=O)(=O)C2(CC(Cc3ccccc3)OC=O)CCNCC2)cc1. The molecule has 1 unspecified atom stereocenters. The molecule has 1 atom stereocenters. The molecule has 1 N–H and O–H groups in total. The molecular formula is C25H33NO5S. The van der Waals surface area contributed by atoms with Crippen LogP contribution in [0.15, 0.2) is 59.5 Å². The van der Waals surface area contributed by atoms with Gasteiger partial charge < -0.3 is 14.8 Å². The number of piperidine rings is 1. The van der Waals surface area contributed by atoms with E-state index in [1.807, 2.05) is 30.3 Å². The lowest BCUT2D eigenvalue weighted by atomic mass is 9.88. The lowest BCUT2D eigenvalue weighted by molar-refractivity contribution is -0.134. The summed E-state index contributed by atoms with van der Waals surface area (Å²) in [6.07, 6.45) is 3.16. The highest BCUT2D eigenvalue weighted by atomic mass is 32.2. The minimum atomic E-state index is -3.66. The van der Waals surface area contributed by atoms with Crippen LogP contribution in [0.5, 0.6) is 5.75 Å². The van der Waals surface area contributed by atoms with Crippen LogP contribution in [-0.2, 0) is 25.8 Å². The Labute approximate surface area is 191 Å². The number of nitrogens with one attached hydrogen (secondary N) is 1. The average molecular weight is 460 g/mol. The van der Waals surface area contributed by atoms with E-state index in [1.54, 1.807) is 24.3 Å². The van der Waals surface area contributed by atoms with Crippen molar-refractivity contribution in [2.24, 2.45) is 0 Å². The molecule has 2 aromatic carbocycles. The lowest BCUT2D eigenvalue weighted by Crippen LogP contribution is -2.50. The Morgan fingerprint density at radius 2 is 1.75 bits per heavy atom. The summed E-state index contributed by atoms with van der Waals surface area (Å²) in [7, 11) is -3.66. The number of unbranched alkanes of at least 4 members (excludes halogenated alkanes) is 1. The molecule has 0 radical (unpaired) electrons. The van der Waals surface area contributed by atoms with Crippen molar-refractivity contribution in [1.82, 2.24) is 5.32 Å². The van der Waals surface area contributed by atoms with Gasteiger partial charge in [-0.1, -0.05) is 43.7 Å². The van der Waals surface area contributed by atoms with Gasteiger partial charge in [0.15, 0.2) is 9.84 Å². The van der Waals surface area contributed by atoms with Gasteiger partial charge in [0.1, 0.15) is 11.9 Å². The number of carbonyl (C=O) groups is 1. The Kier molecular flexibility index (Phi) is 8.70. The third kappa shape index (κ3) is 5.90. The average Bonchev–Trinajstić information content (AvgIpc) is 2.81. The van der Waals surface area contributed by atoms with Gasteiger partial charge in [0.25, 0.3) is 6.47 Å². The Morgan fingerprint density at radius 1 is 1.06 bits per heavy atom. The van der Waals surface area contributed by atoms with Crippen LogP contribution in [0.2, 0.25) is 0 Å². The van der Waals surface area contributed by atoms with Crippen molar-refractivity contribution in [3.8, 4) is 5.75 Å². The number of hydrogen-bond acceptors (Lipinski definition) is 6. The Bertz CT molecular complexity index is 938. The first-order chi connectivity index (χ1) is 15.5. The Morgan fingerprint density at radius 3 is 2.38 bits per heavy atom. The maximum atomic E-state index is 13.9. The molecule has 0 aliphatic carbocycles. The van der Waals surface area contributed by atoms with Gasteiger partial charge >= 0.3 is 0 Å².